The highest BCUT2D eigenvalue weighted by Crippen LogP contribution is 2.16. The number of aliphatic hydroxyl groups is 1. The van der Waals surface area contributed by atoms with Gasteiger partial charge in [0.2, 0.25) is 5.89 Å². The van der Waals surface area contributed by atoms with Crippen LogP contribution in [0.4, 0.5) is 0 Å². The SMILES string of the molecule is Cc1ccc(-c2nc(C(=O)OCCO)co2)nc1. The quantitative estimate of drug-likeness (QED) is 0.818. The van der Waals surface area contributed by atoms with Gasteiger partial charge in [-0.3, -0.25) is 4.98 Å². The number of oxazole rings is 1. The summed E-state index contributed by atoms with van der Waals surface area (Å²) in [5.41, 5.74) is 1.62. The molecule has 0 aromatic carbocycles. The van der Waals surface area contributed by atoms with Crippen molar-refractivity contribution in [3.05, 3.63) is 35.9 Å². The van der Waals surface area contributed by atoms with E-state index in [0.29, 0.717) is 5.69 Å². The van der Waals surface area contributed by atoms with Crippen LogP contribution in [-0.4, -0.2) is 34.3 Å². The number of carbonyl (C=O) groups is 1. The topological polar surface area (TPSA) is 85.5 Å². The van der Waals surface area contributed by atoms with Gasteiger partial charge >= 0.3 is 5.97 Å². The van der Waals surface area contributed by atoms with Crippen molar-refractivity contribution in [3.63, 3.8) is 0 Å². The fourth-order valence-electron chi connectivity index (χ4n) is 1.29. The molecule has 94 valence electrons. The molecule has 2 aromatic rings. The summed E-state index contributed by atoms with van der Waals surface area (Å²) in [6, 6.07) is 3.63. The molecular weight excluding hydrogens is 236 g/mol. The van der Waals surface area contributed by atoms with E-state index in [1.54, 1.807) is 12.3 Å². The Kier molecular flexibility index (Phi) is 3.69. The second kappa shape index (κ2) is 5.42. The van der Waals surface area contributed by atoms with Gasteiger partial charge in [0.15, 0.2) is 5.69 Å². The monoisotopic (exact) mass is 248 g/mol. The lowest BCUT2D eigenvalue weighted by Crippen LogP contribution is -2.09. The molecule has 1 N–H and O–H groups in total. The predicted molar refractivity (Wildman–Crippen MR) is 61.8 cm³/mol. The Hall–Kier alpha value is -2.21. The summed E-state index contributed by atoms with van der Waals surface area (Å²) in [4.78, 5) is 19.5. The van der Waals surface area contributed by atoms with Crippen molar-refractivity contribution in [1.29, 1.82) is 0 Å². The number of ether oxygens (including phenoxy) is 1. The normalized spacial score (nSPS) is 10.3. The molecule has 0 spiro atoms. The molecule has 0 fully saturated rings. The Balaban J connectivity index is 2.15. The van der Waals surface area contributed by atoms with Gasteiger partial charge in [-0.2, -0.15) is 0 Å². The van der Waals surface area contributed by atoms with Gasteiger partial charge in [0.05, 0.1) is 6.61 Å². The molecule has 2 rings (SSSR count). The summed E-state index contributed by atoms with van der Waals surface area (Å²) < 4.78 is 9.87. The van der Waals surface area contributed by atoms with E-state index in [1.165, 1.54) is 6.26 Å². The van der Waals surface area contributed by atoms with Crippen LogP contribution in [0.3, 0.4) is 0 Å². The molecule has 0 saturated carbocycles. The minimum atomic E-state index is -0.633. The zero-order chi connectivity index (χ0) is 13.0. The van der Waals surface area contributed by atoms with E-state index in [2.05, 4.69) is 9.97 Å². The second-order valence-corrected chi connectivity index (χ2v) is 3.62. The number of aliphatic hydroxyl groups excluding tert-OH is 1. The molecule has 18 heavy (non-hydrogen) atoms. The lowest BCUT2D eigenvalue weighted by Gasteiger charge is -1.97. The minimum Gasteiger partial charge on any atom is -0.458 e. The van der Waals surface area contributed by atoms with E-state index in [9.17, 15) is 4.79 Å². The maximum absolute atomic E-state index is 11.4. The molecule has 0 aliphatic carbocycles. The van der Waals surface area contributed by atoms with Gasteiger partial charge in [-0.05, 0) is 18.6 Å². The minimum absolute atomic E-state index is 0.0563. The van der Waals surface area contributed by atoms with Crippen molar-refractivity contribution < 1.29 is 19.1 Å². The van der Waals surface area contributed by atoms with E-state index in [-0.39, 0.29) is 24.8 Å². The fraction of sp³-hybridized carbons (Fsp3) is 0.250. The van der Waals surface area contributed by atoms with E-state index in [4.69, 9.17) is 14.3 Å². The largest absolute Gasteiger partial charge is 0.458 e. The van der Waals surface area contributed by atoms with Crippen molar-refractivity contribution in [1.82, 2.24) is 9.97 Å². The summed E-state index contributed by atoms with van der Waals surface area (Å²) in [5, 5.41) is 8.54. The van der Waals surface area contributed by atoms with Gasteiger partial charge in [0.1, 0.15) is 18.6 Å². The molecule has 6 heteroatoms. The molecule has 6 nitrogen and oxygen atoms in total. The molecule has 0 saturated heterocycles. The first-order valence-corrected chi connectivity index (χ1v) is 5.37. The van der Waals surface area contributed by atoms with Crippen molar-refractivity contribution in [2.45, 2.75) is 6.92 Å². The average Bonchev–Trinajstić information content (AvgIpc) is 2.86. The van der Waals surface area contributed by atoms with E-state index in [1.807, 2.05) is 13.0 Å². The van der Waals surface area contributed by atoms with Crippen LogP contribution in [0, 0.1) is 6.92 Å². The van der Waals surface area contributed by atoms with Crippen LogP contribution in [0.5, 0.6) is 0 Å². The van der Waals surface area contributed by atoms with Crippen LogP contribution in [0.15, 0.2) is 29.0 Å². The van der Waals surface area contributed by atoms with Gasteiger partial charge in [-0.25, -0.2) is 9.78 Å². The third kappa shape index (κ3) is 2.72. The fourth-order valence-corrected chi connectivity index (χ4v) is 1.29. The zero-order valence-electron chi connectivity index (χ0n) is 9.79. The third-order valence-corrected chi connectivity index (χ3v) is 2.17. The molecule has 0 radical (unpaired) electrons. The van der Waals surface area contributed by atoms with Gasteiger partial charge in [0, 0.05) is 6.20 Å². The first-order chi connectivity index (χ1) is 8.70. The number of pyridine rings is 1. The van der Waals surface area contributed by atoms with Crippen LogP contribution >= 0.6 is 0 Å². The molecule has 0 unspecified atom stereocenters. The highest BCUT2D eigenvalue weighted by atomic mass is 16.5. The summed E-state index contributed by atoms with van der Waals surface area (Å²) in [7, 11) is 0. The predicted octanol–water partition coefficient (Wildman–Crippen LogP) is 1.19. The number of carbonyl (C=O) groups excluding carboxylic acids is 1. The van der Waals surface area contributed by atoms with Crippen LogP contribution in [-0.2, 0) is 4.74 Å². The Morgan fingerprint density at radius 1 is 1.50 bits per heavy atom. The number of nitrogens with zero attached hydrogens (tertiary/aromatic N) is 2. The van der Waals surface area contributed by atoms with E-state index in [0.717, 1.165) is 5.56 Å². The van der Waals surface area contributed by atoms with Gasteiger partial charge in [-0.15, -0.1) is 0 Å². The molecule has 0 bridgehead atoms. The smallest absolute Gasteiger partial charge is 0.360 e. The van der Waals surface area contributed by atoms with Gasteiger partial charge in [0.25, 0.3) is 0 Å². The number of aryl methyl sites for hydroxylation is 1. The molecule has 0 atom stereocenters. The number of hydrogen-bond acceptors (Lipinski definition) is 6. The average molecular weight is 248 g/mol. The summed E-state index contributed by atoms with van der Waals surface area (Å²) in [5.74, 6) is -0.378. The van der Waals surface area contributed by atoms with Crippen LogP contribution in [0.2, 0.25) is 0 Å². The van der Waals surface area contributed by atoms with Gasteiger partial charge in [-0.1, -0.05) is 6.07 Å². The van der Waals surface area contributed by atoms with Crippen molar-refractivity contribution in [2.24, 2.45) is 0 Å². The highest BCUT2D eigenvalue weighted by Gasteiger charge is 2.15. The lowest BCUT2D eigenvalue weighted by atomic mass is 10.3. The Morgan fingerprint density at radius 2 is 2.33 bits per heavy atom. The lowest BCUT2D eigenvalue weighted by molar-refractivity contribution is 0.0427. The molecular formula is C12H12N2O4. The summed E-state index contributed by atoms with van der Waals surface area (Å²) >= 11 is 0. The first kappa shape index (κ1) is 12.3. The Labute approximate surface area is 103 Å². The van der Waals surface area contributed by atoms with Crippen LogP contribution in [0.1, 0.15) is 16.1 Å². The molecule has 0 aliphatic heterocycles. The van der Waals surface area contributed by atoms with E-state index >= 15 is 0 Å². The molecule has 2 aromatic heterocycles. The maximum atomic E-state index is 11.4. The number of hydrogen-bond donors (Lipinski definition) is 1. The van der Waals surface area contributed by atoms with Crippen molar-refractivity contribution in [3.8, 4) is 11.6 Å². The summed E-state index contributed by atoms with van der Waals surface area (Å²) in [6.07, 6.45) is 2.89. The number of aromatic nitrogens is 2. The first-order valence-electron chi connectivity index (χ1n) is 5.37. The number of esters is 1. The highest BCUT2D eigenvalue weighted by molar-refractivity contribution is 5.87. The Morgan fingerprint density at radius 3 is 3.00 bits per heavy atom. The Bertz CT molecular complexity index is 533. The third-order valence-electron chi connectivity index (χ3n) is 2.17. The zero-order valence-corrected chi connectivity index (χ0v) is 9.79. The second-order valence-electron chi connectivity index (χ2n) is 3.62. The molecule has 0 aliphatic rings. The van der Waals surface area contributed by atoms with Crippen molar-refractivity contribution in [2.75, 3.05) is 13.2 Å². The maximum Gasteiger partial charge on any atom is 0.360 e. The van der Waals surface area contributed by atoms with Gasteiger partial charge < -0.3 is 14.3 Å². The summed E-state index contributed by atoms with van der Waals surface area (Å²) in [6.45, 7) is 1.63. The van der Waals surface area contributed by atoms with Crippen LogP contribution in [0.25, 0.3) is 11.6 Å². The molecule has 2 heterocycles. The standard InChI is InChI=1S/C12H12N2O4/c1-8-2-3-9(13-6-8)11-14-10(7-18-11)12(16)17-5-4-15/h2-3,6-7,15H,4-5H2,1H3. The van der Waals surface area contributed by atoms with E-state index < -0.39 is 5.97 Å². The number of rotatable bonds is 4. The van der Waals surface area contributed by atoms with Crippen molar-refractivity contribution >= 4 is 5.97 Å². The van der Waals surface area contributed by atoms with Crippen LogP contribution < -0.4 is 0 Å². The molecule has 0 amide bonds.